The minimum Gasteiger partial charge on any atom is -0.302 e. The van der Waals surface area contributed by atoms with Gasteiger partial charge in [-0.05, 0) is 26.3 Å². The Hall–Kier alpha value is -1.43. The van der Waals surface area contributed by atoms with E-state index < -0.39 is 17.9 Å². The summed E-state index contributed by atoms with van der Waals surface area (Å²) in [5, 5.41) is 2.30. The predicted molar refractivity (Wildman–Crippen MR) is 78.5 cm³/mol. The van der Waals surface area contributed by atoms with Gasteiger partial charge in [-0.25, -0.2) is 4.79 Å². The molecular weight excluding hydrogens is 270 g/mol. The van der Waals surface area contributed by atoms with E-state index in [9.17, 15) is 14.4 Å². The first-order chi connectivity index (χ1) is 10.0. The van der Waals surface area contributed by atoms with Gasteiger partial charge in [-0.2, -0.15) is 0 Å². The summed E-state index contributed by atoms with van der Waals surface area (Å²) < 4.78 is 0. The minimum absolute atomic E-state index is 0.342. The molecule has 4 amide bonds. The van der Waals surface area contributed by atoms with Crippen LogP contribution in [0.2, 0.25) is 0 Å². The summed E-state index contributed by atoms with van der Waals surface area (Å²) >= 11 is 0. The number of urea groups is 1. The molecule has 1 unspecified atom stereocenters. The molecule has 0 aromatic carbocycles. The van der Waals surface area contributed by atoms with Crippen LogP contribution < -0.4 is 5.32 Å². The zero-order valence-corrected chi connectivity index (χ0v) is 12.9. The van der Waals surface area contributed by atoms with Gasteiger partial charge < -0.3 is 4.90 Å². The Morgan fingerprint density at radius 3 is 2.52 bits per heavy atom. The van der Waals surface area contributed by atoms with Gasteiger partial charge in [-0.3, -0.25) is 19.8 Å². The second-order valence-corrected chi connectivity index (χ2v) is 6.04. The predicted octanol–water partition coefficient (Wildman–Crippen LogP) is 1.36. The molecule has 1 N–H and O–H groups in total. The zero-order valence-electron chi connectivity index (χ0n) is 12.9. The summed E-state index contributed by atoms with van der Waals surface area (Å²) in [6, 6.07) is -0.0156. The molecule has 0 spiro atoms. The number of carbonyl (C=O) groups is 3. The molecule has 0 bridgehead atoms. The smallest absolute Gasteiger partial charge is 0.302 e. The van der Waals surface area contributed by atoms with Crippen molar-refractivity contribution in [1.82, 2.24) is 15.1 Å². The van der Waals surface area contributed by atoms with Crippen LogP contribution in [0.4, 0.5) is 4.79 Å². The van der Waals surface area contributed by atoms with E-state index in [1.807, 2.05) is 14.0 Å². The summed E-state index contributed by atoms with van der Waals surface area (Å²) in [5.41, 5.74) is 0. The SMILES string of the molecule is CCCC1C(=O)NC(=O)N(CCN(C)C2CCCC2)C1=O. The molecule has 2 rings (SSSR count). The third-order valence-electron chi connectivity index (χ3n) is 4.56. The van der Waals surface area contributed by atoms with Crippen LogP contribution in [0.5, 0.6) is 0 Å². The second kappa shape index (κ2) is 7.02. The maximum Gasteiger partial charge on any atom is 0.330 e. The molecule has 1 aliphatic heterocycles. The van der Waals surface area contributed by atoms with E-state index >= 15 is 0 Å². The fraction of sp³-hybridized carbons (Fsp3) is 0.800. The molecule has 118 valence electrons. The number of nitrogens with one attached hydrogen (secondary N) is 1. The van der Waals surface area contributed by atoms with E-state index in [2.05, 4.69) is 10.2 Å². The number of likely N-dealkylation sites (N-methyl/N-ethyl adjacent to an activating group) is 1. The first kappa shape index (κ1) is 15.9. The van der Waals surface area contributed by atoms with Crippen molar-refractivity contribution >= 4 is 17.8 Å². The lowest BCUT2D eigenvalue weighted by molar-refractivity contribution is -0.143. The number of carbonyl (C=O) groups excluding carboxylic acids is 3. The number of hydrogen-bond acceptors (Lipinski definition) is 4. The molecule has 0 aromatic heterocycles. The molecule has 0 aromatic rings. The van der Waals surface area contributed by atoms with E-state index in [4.69, 9.17) is 0 Å². The van der Waals surface area contributed by atoms with Gasteiger partial charge in [0.1, 0.15) is 5.92 Å². The number of hydrogen-bond donors (Lipinski definition) is 1. The molecular formula is C15H25N3O3. The van der Waals surface area contributed by atoms with Crippen molar-refractivity contribution in [2.45, 2.75) is 51.5 Å². The van der Waals surface area contributed by atoms with Crippen molar-refractivity contribution in [3.8, 4) is 0 Å². The third-order valence-corrected chi connectivity index (χ3v) is 4.56. The number of nitrogens with zero attached hydrogens (tertiary/aromatic N) is 2. The highest BCUT2D eigenvalue weighted by molar-refractivity contribution is 6.16. The van der Waals surface area contributed by atoms with Crippen molar-refractivity contribution < 1.29 is 14.4 Å². The lowest BCUT2D eigenvalue weighted by atomic mass is 9.99. The zero-order chi connectivity index (χ0) is 15.4. The highest BCUT2D eigenvalue weighted by Gasteiger charge is 2.39. The van der Waals surface area contributed by atoms with Gasteiger partial charge in [0.15, 0.2) is 0 Å². The Morgan fingerprint density at radius 1 is 1.24 bits per heavy atom. The molecule has 6 nitrogen and oxygen atoms in total. The van der Waals surface area contributed by atoms with E-state index in [1.165, 1.54) is 30.6 Å². The number of amides is 4. The van der Waals surface area contributed by atoms with E-state index in [-0.39, 0.29) is 5.91 Å². The summed E-state index contributed by atoms with van der Waals surface area (Å²) in [6.07, 6.45) is 6.12. The van der Waals surface area contributed by atoms with E-state index in [0.29, 0.717) is 25.6 Å². The van der Waals surface area contributed by atoms with Crippen LogP contribution in [0, 0.1) is 5.92 Å². The lowest BCUT2D eigenvalue weighted by Gasteiger charge is -2.32. The van der Waals surface area contributed by atoms with E-state index in [1.54, 1.807) is 0 Å². The first-order valence-electron chi connectivity index (χ1n) is 7.91. The van der Waals surface area contributed by atoms with Gasteiger partial charge in [0.25, 0.3) is 0 Å². The topological polar surface area (TPSA) is 69.7 Å². The van der Waals surface area contributed by atoms with Crippen molar-refractivity contribution in [3.05, 3.63) is 0 Å². The van der Waals surface area contributed by atoms with Crippen molar-refractivity contribution in [2.75, 3.05) is 20.1 Å². The van der Waals surface area contributed by atoms with Gasteiger partial charge in [0, 0.05) is 19.1 Å². The monoisotopic (exact) mass is 295 g/mol. The molecule has 2 fully saturated rings. The first-order valence-corrected chi connectivity index (χ1v) is 7.91. The molecule has 1 saturated heterocycles. The van der Waals surface area contributed by atoms with Crippen molar-refractivity contribution in [1.29, 1.82) is 0 Å². The summed E-state index contributed by atoms with van der Waals surface area (Å²) in [5.74, 6) is -1.50. The number of barbiturate groups is 1. The standard InChI is InChI=1S/C15H25N3O3/c1-3-6-12-13(19)16-15(21)18(14(12)20)10-9-17(2)11-7-4-5-8-11/h11-12H,3-10H2,1-2H3,(H,16,19,21). The van der Waals surface area contributed by atoms with Crippen LogP contribution >= 0.6 is 0 Å². The Bertz CT molecular complexity index is 418. The fourth-order valence-electron chi connectivity index (χ4n) is 3.20. The molecule has 1 saturated carbocycles. The Balaban J connectivity index is 1.92. The van der Waals surface area contributed by atoms with Gasteiger partial charge in [0.2, 0.25) is 11.8 Å². The van der Waals surface area contributed by atoms with Gasteiger partial charge in [0.05, 0.1) is 0 Å². The average Bonchev–Trinajstić information content (AvgIpc) is 2.97. The normalized spacial score (nSPS) is 24.0. The average molecular weight is 295 g/mol. The summed E-state index contributed by atoms with van der Waals surface area (Å²) in [4.78, 5) is 39.3. The highest BCUT2D eigenvalue weighted by atomic mass is 16.2. The van der Waals surface area contributed by atoms with Gasteiger partial charge >= 0.3 is 6.03 Å². The van der Waals surface area contributed by atoms with Crippen LogP contribution in [-0.4, -0.2) is 53.8 Å². The maximum atomic E-state index is 12.3. The quantitative estimate of drug-likeness (QED) is 0.751. The van der Waals surface area contributed by atoms with E-state index in [0.717, 1.165) is 6.42 Å². The Labute approximate surface area is 125 Å². The molecule has 1 atom stereocenters. The van der Waals surface area contributed by atoms with Crippen LogP contribution in [0.1, 0.15) is 45.4 Å². The minimum atomic E-state index is -0.704. The highest BCUT2D eigenvalue weighted by Crippen LogP contribution is 2.22. The third kappa shape index (κ3) is 3.61. The van der Waals surface area contributed by atoms with Crippen molar-refractivity contribution in [3.63, 3.8) is 0 Å². The maximum absolute atomic E-state index is 12.3. The molecule has 1 aliphatic carbocycles. The Kier molecular flexibility index (Phi) is 5.33. The number of rotatable bonds is 6. The van der Waals surface area contributed by atoms with Crippen LogP contribution in [-0.2, 0) is 9.59 Å². The Morgan fingerprint density at radius 2 is 1.90 bits per heavy atom. The second-order valence-electron chi connectivity index (χ2n) is 6.04. The van der Waals surface area contributed by atoms with Crippen molar-refractivity contribution in [2.24, 2.45) is 5.92 Å². The molecule has 21 heavy (non-hydrogen) atoms. The molecule has 2 aliphatic rings. The van der Waals surface area contributed by atoms with Gasteiger partial charge in [-0.15, -0.1) is 0 Å². The largest absolute Gasteiger partial charge is 0.330 e. The summed E-state index contributed by atoms with van der Waals surface area (Å²) in [6.45, 7) is 2.94. The molecule has 0 radical (unpaired) electrons. The summed E-state index contributed by atoms with van der Waals surface area (Å²) in [7, 11) is 2.04. The van der Waals surface area contributed by atoms with Crippen LogP contribution in [0.15, 0.2) is 0 Å². The van der Waals surface area contributed by atoms with Crippen LogP contribution in [0.25, 0.3) is 0 Å². The van der Waals surface area contributed by atoms with Crippen LogP contribution in [0.3, 0.4) is 0 Å². The number of imide groups is 2. The van der Waals surface area contributed by atoms with Gasteiger partial charge in [-0.1, -0.05) is 26.2 Å². The lowest BCUT2D eigenvalue weighted by Crippen LogP contribution is -2.59. The fourth-order valence-corrected chi connectivity index (χ4v) is 3.20. The molecule has 1 heterocycles. The molecule has 6 heteroatoms.